The first-order valence-corrected chi connectivity index (χ1v) is 8.50. The van der Waals surface area contributed by atoms with Gasteiger partial charge in [0.1, 0.15) is 5.82 Å². The molecule has 1 aromatic heterocycles. The lowest BCUT2D eigenvalue weighted by molar-refractivity contribution is -0.136. The number of rotatable bonds is 3. The van der Waals surface area contributed by atoms with Crippen molar-refractivity contribution in [1.29, 1.82) is 0 Å². The summed E-state index contributed by atoms with van der Waals surface area (Å²) in [4.78, 5) is 15.1. The van der Waals surface area contributed by atoms with E-state index in [1.54, 1.807) is 17.0 Å². The molecule has 0 amide bonds. The predicted octanol–water partition coefficient (Wildman–Crippen LogP) is 3.77. The maximum absolute atomic E-state index is 13.2. The van der Waals surface area contributed by atoms with Gasteiger partial charge in [0.15, 0.2) is 5.11 Å². The number of hydrogen-bond acceptors (Lipinski definition) is 4. The number of carbonyl (C=O) groups excluding carboxylic acids is 1. The Morgan fingerprint density at radius 2 is 2.04 bits per heavy atom. The van der Waals surface area contributed by atoms with Gasteiger partial charge in [-0.15, -0.1) is 11.3 Å². The van der Waals surface area contributed by atoms with Gasteiger partial charge in [0.05, 0.1) is 18.7 Å². The van der Waals surface area contributed by atoms with Crippen LogP contribution in [0.1, 0.15) is 17.8 Å². The van der Waals surface area contributed by atoms with Crippen molar-refractivity contribution in [2.24, 2.45) is 0 Å². The van der Waals surface area contributed by atoms with E-state index in [-0.39, 0.29) is 11.9 Å². The van der Waals surface area contributed by atoms with E-state index < -0.39 is 5.97 Å². The monoisotopic (exact) mass is 362 g/mol. The second kappa shape index (κ2) is 6.70. The maximum atomic E-state index is 13.2. The third-order valence-electron chi connectivity index (χ3n) is 3.80. The standard InChI is InChI=1S/C17H15FN2O2S2/c1-10-14(16(21)22-2)15(13-4-3-9-24-13)19-17(23)20(10)12-7-5-11(18)6-8-12/h3-9,15H,1-2H3,(H,19,23)/t15-/m1/s1. The second-order valence-corrected chi connectivity index (χ2v) is 6.57. The molecule has 0 radical (unpaired) electrons. The highest BCUT2D eigenvalue weighted by Gasteiger charge is 2.35. The zero-order chi connectivity index (χ0) is 17.3. The molecular formula is C17H15FN2O2S2. The lowest BCUT2D eigenvalue weighted by Gasteiger charge is -2.36. The number of thiophene rings is 1. The number of carbonyl (C=O) groups is 1. The SMILES string of the molecule is COC(=O)C1=C(C)N(c2ccc(F)cc2)C(=S)N[C@@H]1c1cccs1. The number of halogens is 1. The molecule has 1 aliphatic rings. The van der Waals surface area contributed by atoms with Gasteiger partial charge in [-0.2, -0.15) is 0 Å². The zero-order valence-electron chi connectivity index (χ0n) is 13.1. The molecule has 0 saturated carbocycles. The van der Waals surface area contributed by atoms with Crippen molar-refractivity contribution in [3.63, 3.8) is 0 Å². The Balaban J connectivity index is 2.12. The smallest absolute Gasteiger partial charge is 0.338 e. The van der Waals surface area contributed by atoms with Crippen LogP contribution >= 0.6 is 23.6 Å². The van der Waals surface area contributed by atoms with Gasteiger partial charge < -0.3 is 10.1 Å². The van der Waals surface area contributed by atoms with Crippen LogP contribution in [0.15, 0.2) is 53.0 Å². The highest BCUT2D eigenvalue weighted by Crippen LogP contribution is 2.35. The van der Waals surface area contributed by atoms with Crippen LogP contribution in [0.5, 0.6) is 0 Å². The molecule has 0 bridgehead atoms. The molecule has 1 aromatic carbocycles. The summed E-state index contributed by atoms with van der Waals surface area (Å²) in [5.74, 6) is -0.756. The lowest BCUT2D eigenvalue weighted by Crippen LogP contribution is -2.47. The predicted molar refractivity (Wildman–Crippen MR) is 96.4 cm³/mol. The Kier molecular flexibility index (Phi) is 4.64. The summed E-state index contributed by atoms with van der Waals surface area (Å²) < 4.78 is 18.2. The van der Waals surface area contributed by atoms with E-state index in [4.69, 9.17) is 17.0 Å². The van der Waals surface area contributed by atoms with Gasteiger partial charge in [-0.1, -0.05) is 6.07 Å². The summed E-state index contributed by atoms with van der Waals surface area (Å²) >= 11 is 7.02. The fraction of sp³-hybridized carbons (Fsp3) is 0.176. The molecule has 1 atom stereocenters. The van der Waals surface area contributed by atoms with E-state index in [9.17, 15) is 9.18 Å². The minimum atomic E-state index is -0.423. The van der Waals surface area contributed by atoms with Crippen LogP contribution in [0.25, 0.3) is 0 Å². The minimum absolute atomic E-state index is 0.332. The molecule has 0 saturated heterocycles. The molecule has 124 valence electrons. The Labute approximate surface area is 148 Å². The van der Waals surface area contributed by atoms with E-state index in [2.05, 4.69) is 5.32 Å². The number of anilines is 1. The third-order valence-corrected chi connectivity index (χ3v) is 5.04. The molecule has 3 rings (SSSR count). The summed E-state index contributed by atoms with van der Waals surface area (Å²) in [6.45, 7) is 1.81. The van der Waals surface area contributed by atoms with Crippen LogP contribution in [0.4, 0.5) is 10.1 Å². The van der Waals surface area contributed by atoms with Gasteiger partial charge in [-0.3, -0.25) is 4.90 Å². The van der Waals surface area contributed by atoms with Crippen LogP contribution in [-0.2, 0) is 9.53 Å². The van der Waals surface area contributed by atoms with Crippen LogP contribution in [-0.4, -0.2) is 18.2 Å². The highest BCUT2D eigenvalue weighted by atomic mass is 32.1. The summed E-state index contributed by atoms with van der Waals surface area (Å²) in [6, 6.07) is 9.45. The first kappa shape index (κ1) is 16.6. The van der Waals surface area contributed by atoms with Crippen LogP contribution < -0.4 is 10.2 Å². The number of esters is 1. The molecular weight excluding hydrogens is 347 g/mol. The van der Waals surface area contributed by atoms with E-state index in [1.165, 1.54) is 30.6 Å². The van der Waals surface area contributed by atoms with Crippen LogP contribution in [0, 0.1) is 5.82 Å². The summed E-state index contributed by atoms with van der Waals surface area (Å²) in [5.41, 5.74) is 1.82. The number of methoxy groups -OCH3 is 1. The molecule has 2 heterocycles. The van der Waals surface area contributed by atoms with Gasteiger partial charge in [-0.25, -0.2) is 9.18 Å². The first-order chi connectivity index (χ1) is 11.5. The van der Waals surface area contributed by atoms with Gasteiger partial charge >= 0.3 is 5.97 Å². The molecule has 0 aliphatic carbocycles. The zero-order valence-corrected chi connectivity index (χ0v) is 14.7. The molecule has 0 unspecified atom stereocenters. The van der Waals surface area contributed by atoms with E-state index in [0.29, 0.717) is 22.1 Å². The quantitative estimate of drug-likeness (QED) is 0.665. The number of nitrogens with zero attached hydrogens (tertiary/aromatic N) is 1. The number of ether oxygens (including phenoxy) is 1. The molecule has 7 heteroatoms. The average molecular weight is 362 g/mol. The van der Waals surface area contributed by atoms with Crippen LogP contribution in [0.2, 0.25) is 0 Å². The number of allylic oxidation sites excluding steroid dienone is 1. The van der Waals surface area contributed by atoms with Gasteiger partial charge in [0.2, 0.25) is 0 Å². The second-order valence-electron chi connectivity index (χ2n) is 5.20. The Hall–Kier alpha value is -2.25. The topological polar surface area (TPSA) is 41.6 Å². The van der Waals surface area contributed by atoms with Crippen molar-refractivity contribution in [3.05, 3.63) is 63.7 Å². The fourth-order valence-corrected chi connectivity index (χ4v) is 3.83. The van der Waals surface area contributed by atoms with Crippen LogP contribution in [0.3, 0.4) is 0 Å². The first-order valence-electron chi connectivity index (χ1n) is 7.21. The largest absolute Gasteiger partial charge is 0.466 e. The van der Waals surface area contributed by atoms with Crippen molar-refractivity contribution in [2.45, 2.75) is 13.0 Å². The van der Waals surface area contributed by atoms with Gasteiger partial charge in [0, 0.05) is 16.3 Å². The molecule has 4 nitrogen and oxygen atoms in total. The van der Waals surface area contributed by atoms with Gasteiger partial charge in [-0.05, 0) is 54.9 Å². The Bertz CT molecular complexity index is 801. The van der Waals surface area contributed by atoms with Crippen molar-refractivity contribution < 1.29 is 13.9 Å². The van der Waals surface area contributed by atoms with E-state index in [0.717, 1.165) is 4.88 Å². The highest BCUT2D eigenvalue weighted by molar-refractivity contribution is 7.80. The number of benzene rings is 1. The molecule has 1 N–H and O–H groups in total. The fourth-order valence-electron chi connectivity index (χ4n) is 2.69. The summed E-state index contributed by atoms with van der Waals surface area (Å²) in [7, 11) is 1.35. The minimum Gasteiger partial charge on any atom is -0.466 e. The van der Waals surface area contributed by atoms with E-state index >= 15 is 0 Å². The van der Waals surface area contributed by atoms with Crippen molar-refractivity contribution in [3.8, 4) is 0 Å². The summed E-state index contributed by atoms with van der Waals surface area (Å²) in [5, 5.41) is 5.58. The summed E-state index contributed by atoms with van der Waals surface area (Å²) in [6.07, 6.45) is 0. The Morgan fingerprint density at radius 1 is 1.33 bits per heavy atom. The van der Waals surface area contributed by atoms with Gasteiger partial charge in [0.25, 0.3) is 0 Å². The van der Waals surface area contributed by atoms with E-state index in [1.807, 2.05) is 24.4 Å². The normalized spacial score (nSPS) is 17.7. The number of thiocarbonyl (C=S) groups is 1. The number of hydrogen-bond donors (Lipinski definition) is 1. The Morgan fingerprint density at radius 3 is 2.62 bits per heavy atom. The molecule has 2 aromatic rings. The average Bonchev–Trinajstić information content (AvgIpc) is 3.10. The van der Waals surface area contributed by atoms with Crippen molar-refractivity contribution in [1.82, 2.24) is 5.32 Å². The van der Waals surface area contributed by atoms with Crippen molar-refractivity contribution >= 4 is 40.3 Å². The molecule has 0 spiro atoms. The molecule has 0 fully saturated rings. The molecule has 1 aliphatic heterocycles. The number of nitrogens with one attached hydrogen (secondary N) is 1. The molecule has 24 heavy (non-hydrogen) atoms. The third kappa shape index (κ3) is 2.92. The maximum Gasteiger partial charge on any atom is 0.338 e. The lowest BCUT2D eigenvalue weighted by atomic mass is 10.0. The van der Waals surface area contributed by atoms with Crippen molar-refractivity contribution in [2.75, 3.05) is 12.0 Å².